The summed E-state index contributed by atoms with van der Waals surface area (Å²) in [6.45, 7) is 4.25. The van der Waals surface area contributed by atoms with Crippen LogP contribution < -0.4 is 0 Å². The van der Waals surface area contributed by atoms with Crippen molar-refractivity contribution in [2.45, 2.75) is 39.5 Å². The molecule has 21 heavy (non-hydrogen) atoms. The Balaban J connectivity index is 2.29. The van der Waals surface area contributed by atoms with Crippen LogP contribution in [0.4, 0.5) is 0 Å². The standard InChI is InChI=1S/C17H21NO3/c1-3-5-7-12-14-18-15(17(19)20-4-2)16(21-14)13-10-8-6-9-11-13/h6,8-11H,3-5,7,12H2,1-2H3. The van der Waals surface area contributed by atoms with Crippen molar-refractivity contribution < 1.29 is 13.9 Å². The van der Waals surface area contributed by atoms with Crippen molar-refractivity contribution in [2.75, 3.05) is 6.61 Å². The van der Waals surface area contributed by atoms with Crippen LogP contribution in [0, 0.1) is 0 Å². The van der Waals surface area contributed by atoms with Gasteiger partial charge in [-0.05, 0) is 13.3 Å². The van der Waals surface area contributed by atoms with Gasteiger partial charge in [-0.2, -0.15) is 0 Å². The van der Waals surface area contributed by atoms with Crippen LogP contribution in [0.1, 0.15) is 49.5 Å². The van der Waals surface area contributed by atoms with Crippen LogP contribution in [0.3, 0.4) is 0 Å². The Kier molecular flexibility index (Phi) is 5.55. The molecule has 0 aliphatic carbocycles. The number of esters is 1. The Hall–Kier alpha value is -2.10. The molecule has 0 atom stereocenters. The highest BCUT2D eigenvalue weighted by Crippen LogP contribution is 2.26. The lowest BCUT2D eigenvalue weighted by molar-refractivity contribution is 0.0520. The minimum absolute atomic E-state index is 0.273. The third kappa shape index (κ3) is 3.94. The zero-order valence-electron chi connectivity index (χ0n) is 12.6. The normalized spacial score (nSPS) is 10.6. The Morgan fingerprint density at radius 3 is 2.62 bits per heavy atom. The predicted octanol–water partition coefficient (Wildman–Crippen LogP) is 4.25. The van der Waals surface area contributed by atoms with Crippen LogP contribution >= 0.6 is 0 Å². The lowest BCUT2D eigenvalue weighted by Gasteiger charge is -2.00. The van der Waals surface area contributed by atoms with Crippen molar-refractivity contribution in [3.63, 3.8) is 0 Å². The summed E-state index contributed by atoms with van der Waals surface area (Å²) in [5.41, 5.74) is 1.12. The Morgan fingerprint density at radius 1 is 1.19 bits per heavy atom. The number of rotatable bonds is 7. The second-order valence-corrected chi connectivity index (χ2v) is 4.83. The quantitative estimate of drug-likeness (QED) is 0.564. The molecule has 0 unspecified atom stereocenters. The number of unbranched alkanes of at least 4 members (excludes halogenated alkanes) is 2. The highest BCUT2D eigenvalue weighted by Gasteiger charge is 2.22. The van der Waals surface area contributed by atoms with E-state index in [1.807, 2.05) is 30.3 Å². The van der Waals surface area contributed by atoms with E-state index in [1.54, 1.807) is 6.92 Å². The zero-order chi connectivity index (χ0) is 15.1. The van der Waals surface area contributed by atoms with Gasteiger partial charge in [-0.15, -0.1) is 0 Å². The van der Waals surface area contributed by atoms with Gasteiger partial charge < -0.3 is 9.15 Å². The Labute approximate surface area is 125 Å². The molecule has 0 spiro atoms. The molecule has 112 valence electrons. The van der Waals surface area contributed by atoms with Gasteiger partial charge in [0, 0.05) is 12.0 Å². The highest BCUT2D eigenvalue weighted by atomic mass is 16.5. The smallest absolute Gasteiger partial charge is 0.360 e. The van der Waals surface area contributed by atoms with Crippen molar-refractivity contribution in [2.24, 2.45) is 0 Å². The van der Waals surface area contributed by atoms with E-state index < -0.39 is 5.97 Å². The van der Waals surface area contributed by atoms with Gasteiger partial charge in [-0.1, -0.05) is 50.1 Å². The lowest BCUT2D eigenvalue weighted by Crippen LogP contribution is -2.06. The minimum Gasteiger partial charge on any atom is -0.461 e. The van der Waals surface area contributed by atoms with E-state index in [0.717, 1.165) is 31.2 Å². The first-order valence-electron chi connectivity index (χ1n) is 7.48. The number of oxazole rings is 1. The van der Waals surface area contributed by atoms with Crippen LogP contribution in [-0.4, -0.2) is 17.6 Å². The number of benzene rings is 1. The average molecular weight is 287 g/mol. The second-order valence-electron chi connectivity index (χ2n) is 4.83. The first-order valence-corrected chi connectivity index (χ1v) is 7.48. The molecule has 0 amide bonds. The first-order chi connectivity index (χ1) is 10.3. The van der Waals surface area contributed by atoms with Crippen LogP contribution in [0.2, 0.25) is 0 Å². The molecule has 2 rings (SSSR count). The SMILES string of the molecule is CCCCCc1nc(C(=O)OCC)c(-c2ccccc2)o1. The van der Waals surface area contributed by atoms with Gasteiger partial charge in [0.05, 0.1) is 6.61 Å². The topological polar surface area (TPSA) is 52.3 Å². The van der Waals surface area contributed by atoms with E-state index in [4.69, 9.17) is 9.15 Å². The number of aromatic nitrogens is 1. The maximum absolute atomic E-state index is 12.0. The third-order valence-electron chi connectivity index (χ3n) is 3.17. The summed E-state index contributed by atoms with van der Waals surface area (Å²) >= 11 is 0. The lowest BCUT2D eigenvalue weighted by atomic mass is 10.1. The average Bonchev–Trinajstić information content (AvgIpc) is 2.93. The molecule has 1 aromatic carbocycles. The summed E-state index contributed by atoms with van der Waals surface area (Å²) in [5, 5.41) is 0. The fourth-order valence-electron chi connectivity index (χ4n) is 2.12. The maximum Gasteiger partial charge on any atom is 0.360 e. The number of ether oxygens (including phenoxy) is 1. The molecular formula is C17H21NO3. The molecule has 2 aromatic rings. The molecule has 0 radical (unpaired) electrons. The van der Waals surface area contributed by atoms with Gasteiger partial charge in [-0.3, -0.25) is 0 Å². The molecule has 0 saturated carbocycles. The van der Waals surface area contributed by atoms with E-state index in [2.05, 4.69) is 11.9 Å². The second kappa shape index (κ2) is 7.62. The number of carbonyl (C=O) groups excluding carboxylic acids is 1. The van der Waals surface area contributed by atoms with Crippen LogP contribution in [-0.2, 0) is 11.2 Å². The molecule has 4 nitrogen and oxygen atoms in total. The molecule has 0 saturated heterocycles. The summed E-state index contributed by atoms with van der Waals surface area (Å²) < 4.78 is 10.9. The molecule has 0 N–H and O–H groups in total. The van der Waals surface area contributed by atoms with E-state index >= 15 is 0 Å². The van der Waals surface area contributed by atoms with Crippen molar-refractivity contribution in [3.8, 4) is 11.3 Å². The van der Waals surface area contributed by atoms with Gasteiger partial charge in [0.2, 0.25) is 0 Å². The van der Waals surface area contributed by atoms with Crippen molar-refractivity contribution in [1.29, 1.82) is 0 Å². The zero-order valence-corrected chi connectivity index (χ0v) is 12.6. The van der Waals surface area contributed by atoms with Crippen molar-refractivity contribution >= 4 is 5.97 Å². The van der Waals surface area contributed by atoms with Gasteiger partial charge in [0.25, 0.3) is 0 Å². The van der Waals surface area contributed by atoms with Crippen molar-refractivity contribution in [1.82, 2.24) is 4.98 Å². The van der Waals surface area contributed by atoms with Crippen LogP contribution in [0.15, 0.2) is 34.7 Å². The fraction of sp³-hybridized carbons (Fsp3) is 0.412. The fourth-order valence-corrected chi connectivity index (χ4v) is 2.12. The van der Waals surface area contributed by atoms with Crippen LogP contribution in [0.5, 0.6) is 0 Å². The molecule has 1 aromatic heterocycles. The molecule has 0 fully saturated rings. The monoisotopic (exact) mass is 287 g/mol. The Morgan fingerprint density at radius 2 is 1.95 bits per heavy atom. The van der Waals surface area contributed by atoms with Gasteiger partial charge in [-0.25, -0.2) is 9.78 Å². The predicted molar refractivity (Wildman–Crippen MR) is 81.1 cm³/mol. The molecular weight excluding hydrogens is 266 g/mol. The summed E-state index contributed by atoms with van der Waals surface area (Å²) in [7, 11) is 0. The highest BCUT2D eigenvalue weighted by molar-refractivity contribution is 5.93. The number of hydrogen-bond acceptors (Lipinski definition) is 4. The summed E-state index contributed by atoms with van der Waals surface area (Å²) in [6, 6.07) is 9.54. The molecule has 0 aliphatic heterocycles. The molecule has 0 bridgehead atoms. The van der Waals surface area contributed by atoms with E-state index in [0.29, 0.717) is 18.3 Å². The number of hydrogen-bond donors (Lipinski definition) is 0. The first kappa shape index (κ1) is 15.3. The van der Waals surface area contributed by atoms with Crippen molar-refractivity contribution in [3.05, 3.63) is 41.9 Å². The van der Waals surface area contributed by atoms with Crippen LogP contribution in [0.25, 0.3) is 11.3 Å². The molecule has 1 heterocycles. The van der Waals surface area contributed by atoms with E-state index in [-0.39, 0.29) is 5.69 Å². The van der Waals surface area contributed by atoms with Gasteiger partial charge in [0.15, 0.2) is 17.3 Å². The molecule has 0 aliphatic rings. The molecule has 4 heteroatoms. The van der Waals surface area contributed by atoms with E-state index in [9.17, 15) is 4.79 Å². The largest absolute Gasteiger partial charge is 0.461 e. The van der Waals surface area contributed by atoms with Gasteiger partial charge in [0.1, 0.15) is 0 Å². The maximum atomic E-state index is 12.0. The van der Waals surface area contributed by atoms with E-state index in [1.165, 1.54) is 0 Å². The van der Waals surface area contributed by atoms with Gasteiger partial charge >= 0.3 is 5.97 Å². The number of nitrogens with zero attached hydrogens (tertiary/aromatic N) is 1. The summed E-state index contributed by atoms with van der Waals surface area (Å²) in [6.07, 6.45) is 4.01. The Bertz CT molecular complexity index is 575. The number of carbonyl (C=O) groups is 1. The summed E-state index contributed by atoms with van der Waals surface area (Å²) in [5.74, 6) is 0.674. The minimum atomic E-state index is -0.429. The third-order valence-corrected chi connectivity index (χ3v) is 3.17. The summed E-state index contributed by atoms with van der Waals surface area (Å²) in [4.78, 5) is 16.4. The number of aryl methyl sites for hydroxylation is 1.